The van der Waals surface area contributed by atoms with Crippen LogP contribution in [0.2, 0.25) is 0 Å². The minimum Gasteiger partial charge on any atom is -0.494 e. The Morgan fingerprint density at radius 3 is 2.56 bits per heavy atom. The number of ether oxygens (including phenoxy) is 1. The third-order valence-electron chi connectivity index (χ3n) is 4.77. The van der Waals surface area contributed by atoms with Gasteiger partial charge in [-0.15, -0.1) is 11.8 Å². The lowest BCUT2D eigenvalue weighted by molar-refractivity contribution is -0.116. The van der Waals surface area contributed by atoms with Crippen molar-refractivity contribution in [2.45, 2.75) is 56.8 Å². The molecular formula is C23H29NO2S. The average Bonchev–Trinajstić information content (AvgIpc) is 2.64. The second kappa shape index (κ2) is 8.83. The number of carbonyl (C=O) groups is 1. The molecule has 1 aliphatic heterocycles. The number of thioether (sulfide) groups is 1. The maximum atomic E-state index is 11.4. The van der Waals surface area contributed by atoms with Crippen LogP contribution in [-0.2, 0) is 16.6 Å². The third kappa shape index (κ3) is 5.77. The number of carbonyl (C=O) groups excluding carboxylic acids is 1. The van der Waals surface area contributed by atoms with Crippen molar-refractivity contribution >= 4 is 23.4 Å². The van der Waals surface area contributed by atoms with Gasteiger partial charge in [0.25, 0.3) is 0 Å². The quantitative estimate of drug-likeness (QED) is 0.483. The Kier molecular flexibility index (Phi) is 6.48. The molecule has 27 heavy (non-hydrogen) atoms. The van der Waals surface area contributed by atoms with Gasteiger partial charge < -0.3 is 10.1 Å². The van der Waals surface area contributed by atoms with Gasteiger partial charge in [0.15, 0.2) is 0 Å². The van der Waals surface area contributed by atoms with Crippen LogP contribution < -0.4 is 10.1 Å². The van der Waals surface area contributed by atoms with Crippen LogP contribution in [-0.4, -0.2) is 18.3 Å². The summed E-state index contributed by atoms with van der Waals surface area (Å²) >= 11 is 1.91. The summed E-state index contributed by atoms with van der Waals surface area (Å²) in [4.78, 5) is 12.7. The molecule has 0 bridgehead atoms. The molecule has 3 rings (SSSR count). The first-order chi connectivity index (χ1) is 12.9. The summed E-state index contributed by atoms with van der Waals surface area (Å²) in [6.45, 7) is 7.46. The first-order valence-corrected chi connectivity index (χ1v) is 10.7. The van der Waals surface area contributed by atoms with E-state index in [1.165, 1.54) is 16.0 Å². The number of anilines is 1. The Balaban J connectivity index is 1.36. The molecule has 0 aliphatic carbocycles. The molecule has 0 saturated carbocycles. The highest BCUT2D eigenvalue weighted by Gasteiger charge is 2.15. The van der Waals surface area contributed by atoms with E-state index in [-0.39, 0.29) is 11.3 Å². The van der Waals surface area contributed by atoms with Crippen molar-refractivity contribution in [1.82, 2.24) is 0 Å². The van der Waals surface area contributed by atoms with E-state index in [2.05, 4.69) is 56.4 Å². The van der Waals surface area contributed by atoms with Crippen LogP contribution in [0.3, 0.4) is 0 Å². The summed E-state index contributed by atoms with van der Waals surface area (Å²) in [5.41, 5.74) is 3.68. The zero-order valence-electron chi connectivity index (χ0n) is 16.5. The number of hydrogen-bond donors (Lipinski definition) is 1. The molecule has 2 aromatic rings. The number of hydrogen-bond acceptors (Lipinski definition) is 3. The second-order valence-corrected chi connectivity index (χ2v) is 9.21. The van der Waals surface area contributed by atoms with Crippen molar-refractivity contribution < 1.29 is 9.53 Å². The van der Waals surface area contributed by atoms with E-state index in [0.717, 1.165) is 43.1 Å². The third-order valence-corrected chi connectivity index (χ3v) is 5.87. The highest BCUT2D eigenvalue weighted by molar-refractivity contribution is 7.99. The van der Waals surface area contributed by atoms with Crippen LogP contribution in [0.15, 0.2) is 47.4 Å². The number of unbranched alkanes of at least 4 members (excludes halogenated alkanes) is 1. The predicted octanol–water partition coefficient (Wildman–Crippen LogP) is 5.82. The molecule has 1 aliphatic rings. The molecule has 1 N–H and O–H groups in total. The lowest BCUT2D eigenvalue weighted by Gasteiger charge is -2.19. The normalized spacial score (nSPS) is 13.8. The lowest BCUT2D eigenvalue weighted by atomic mass is 9.87. The zero-order chi connectivity index (χ0) is 19.3. The molecule has 0 spiro atoms. The van der Waals surface area contributed by atoms with Gasteiger partial charge in [-0.05, 0) is 71.9 Å². The Morgan fingerprint density at radius 2 is 1.81 bits per heavy atom. The molecule has 0 aromatic heterocycles. The fourth-order valence-electron chi connectivity index (χ4n) is 3.08. The van der Waals surface area contributed by atoms with Gasteiger partial charge in [0.2, 0.25) is 5.91 Å². The fraction of sp³-hybridized carbons (Fsp3) is 0.435. The van der Waals surface area contributed by atoms with E-state index in [4.69, 9.17) is 4.74 Å². The molecule has 2 aromatic carbocycles. The molecule has 0 fully saturated rings. The van der Waals surface area contributed by atoms with Crippen molar-refractivity contribution in [3.8, 4) is 5.75 Å². The standard InChI is InChI=1S/C23H29NO2S/c1-23(2,3)18-7-10-20(11-8-18)27-15-5-4-14-26-19-9-12-21-17(16-19)6-13-22(25)24-21/h7-12,16H,4-6,13-15H2,1-3H3,(H,24,25). The molecular weight excluding hydrogens is 354 g/mol. The first kappa shape index (κ1) is 19.8. The van der Waals surface area contributed by atoms with Crippen molar-refractivity contribution in [2.24, 2.45) is 0 Å². The van der Waals surface area contributed by atoms with Crippen LogP contribution in [0.5, 0.6) is 5.75 Å². The molecule has 0 radical (unpaired) electrons. The highest BCUT2D eigenvalue weighted by atomic mass is 32.2. The number of benzene rings is 2. The number of nitrogens with one attached hydrogen (secondary N) is 1. The molecule has 3 nitrogen and oxygen atoms in total. The van der Waals surface area contributed by atoms with Crippen LogP contribution >= 0.6 is 11.8 Å². The zero-order valence-corrected chi connectivity index (χ0v) is 17.3. The predicted molar refractivity (Wildman–Crippen MR) is 114 cm³/mol. The Labute approximate surface area is 166 Å². The van der Waals surface area contributed by atoms with Gasteiger partial charge in [-0.2, -0.15) is 0 Å². The van der Waals surface area contributed by atoms with Gasteiger partial charge in [0.05, 0.1) is 6.61 Å². The Bertz CT molecular complexity index is 778. The monoisotopic (exact) mass is 383 g/mol. The van der Waals surface area contributed by atoms with E-state index in [9.17, 15) is 4.79 Å². The van der Waals surface area contributed by atoms with Crippen molar-refractivity contribution in [2.75, 3.05) is 17.7 Å². The van der Waals surface area contributed by atoms with Crippen LogP contribution in [0.25, 0.3) is 0 Å². The van der Waals surface area contributed by atoms with Gasteiger partial charge in [-0.1, -0.05) is 32.9 Å². The van der Waals surface area contributed by atoms with Gasteiger partial charge in [0.1, 0.15) is 5.75 Å². The summed E-state index contributed by atoms with van der Waals surface area (Å²) in [6, 6.07) is 14.9. The fourth-order valence-corrected chi connectivity index (χ4v) is 4.00. The largest absolute Gasteiger partial charge is 0.494 e. The van der Waals surface area contributed by atoms with Crippen LogP contribution in [0, 0.1) is 0 Å². The number of aryl methyl sites for hydroxylation is 1. The summed E-state index contributed by atoms with van der Waals surface area (Å²) in [5.74, 6) is 2.10. The molecule has 0 saturated heterocycles. The smallest absolute Gasteiger partial charge is 0.224 e. The Morgan fingerprint density at radius 1 is 1.04 bits per heavy atom. The van der Waals surface area contributed by atoms with Gasteiger partial charge in [0, 0.05) is 17.0 Å². The van der Waals surface area contributed by atoms with Crippen molar-refractivity contribution in [3.63, 3.8) is 0 Å². The lowest BCUT2D eigenvalue weighted by Crippen LogP contribution is -2.18. The molecule has 0 atom stereocenters. The molecule has 1 heterocycles. The van der Waals surface area contributed by atoms with E-state index >= 15 is 0 Å². The van der Waals surface area contributed by atoms with Gasteiger partial charge in [-0.3, -0.25) is 4.79 Å². The van der Waals surface area contributed by atoms with Crippen molar-refractivity contribution in [1.29, 1.82) is 0 Å². The number of amides is 1. The first-order valence-electron chi connectivity index (χ1n) is 9.71. The highest BCUT2D eigenvalue weighted by Crippen LogP contribution is 2.28. The Hall–Kier alpha value is -1.94. The minimum absolute atomic E-state index is 0.0988. The summed E-state index contributed by atoms with van der Waals surface area (Å²) in [7, 11) is 0. The molecule has 1 amide bonds. The molecule has 144 valence electrons. The molecule has 4 heteroatoms. The number of fused-ring (bicyclic) bond motifs is 1. The van der Waals surface area contributed by atoms with E-state index in [0.29, 0.717) is 6.42 Å². The number of rotatable bonds is 7. The second-order valence-electron chi connectivity index (χ2n) is 8.05. The van der Waals surface area contributed by atoms with E-state index < -0.39 is 0 Å². The maximum absolute atomic E-state index is 11.4. The SMILES string of the molecule is CC(C)(C)c1ccc(SCCCCOc2ccc3c(c2)CCC(=O)N3)cc1. The molecule has 0 unspecified atom stereocenters. The van der Waals surface area contributed by atoms with Gasteiger partial charge in [-0.25, -0.2) is 0 Å². The van der Waals surface area contributed by atoms with Crippen LogP contribution in [0.4, 0.5) is 5.69 Å². The minimum atomic E-state index is 0.0988. The van der Waals surface area contributed by atoms with Crippen LogP contribution in [0.1, 0.15) is 51.2 Å². The summed E-state index contributed by atoms with van der Waals surface area (Å²) in [6.07, 6.45) is 3.53. The van der Waals surface area contributed by atoms with E-state index in [1.807, 2.05) is 23.9 Å². The topological polar surface area (TPSA) is 38.3 Å². The van der Waals surface area contributed by atoms with E-state index in [1.54, 1.807) is 0 Å². The maximum Gasteiger partial charge on any atom is 0.224 e. The van der Waals surface area contributed by atoms with Crippen molar-refractivity contribution in [3.05, 3.63) is 53.6 Å². The summed E-state index contributed by atoms with van der Waals surface area (Å²) < 4.78 is 5.88. The van der Waals surface area contributed by atoms with Gasteiger partial charge >= 0.3 is 0 Å². The average molecular weight is 384 g/mol. The summed E-state index contributed by atoms with van der Waals surface area (Å²) in [5, 5.41) is 2.90.